The second kappa shape index (κ2) is 12.6. The molecule has 1 heterocycles. The molecule has 31 heavy (non-hydrogen) atoms. The first kappa shape index (κ1) is 25.1. The number of amides is 1. The van der Waals surface area contributed by atoms with Gasteiger partial charge in [0.15, 0.2) is 0 Å². The monoisotopic (exact) mass is 451 g/mol. The Morgan fingerprint density at radius 3 is 2.42 bits per heavy atom. The van der Waals surface area contributed by atoms with Crippen LogP contribution in [-0.4, -0.2) is 71.2 Å². The van der Waals surface area contributed by atoms with E-state index in [0.29, 0.717) is 19.7 Å². The van der Waals surface area contributed by atoms with Crippen LogP contribution >= 0.6 is 11.3 Å². The van der Waals surface area contributed by atoms with Crippen LogP contribution in [0.1, 0.15) is 32.1 Å². The van der Waals surface area contributed by atoms with Crippen molar-refractivity contribution < 1.29 is 24.5 Å². The highest BCUT2D eigenvalue weighted by molar-refractivity contribution is 7.15. The fourth-order valence-electron chi connectivity index (χ4n) is 2.78. The number of rotatable bonds is 12. The molecule has 0 spiro atoms. The van der Waals surface area contributed by atoms with Crippen LogP contribution in [0.5, 0.6) is 5.75 Å². The molecule has 0 saturated heterocycles. The second-order valence-corrected chi connectivity index (χ2v) is 9.21. The van der Waals surface area contributed by atoms with E-state index in [0.717, 1.165) is 34.2 Å². The molecule has 172 valence electrons. The Kier molecular flexibility index (Phi) is 10.2. The normalized spacial score (nSPS) is 11.5. The number of thiazole rings is 1. The largest absolute Gasteiger partial charge is 0.494 e. The molecule has 0 aliphatic carbocycles. The number of alkyl carbamates (subject to hydrolysis) is 1. The molecule has 0 aliphatic rings. The molecule has 1 aromatic carbocycles. The quantitative estimate of drug-likeness (QED) is 0.426. The van der Waals surface area contributed by atoms with Crippen molar-refractivity contribution in [3.05, 3.63) is 35.3 Å². The Hall–Kier alpha value is -2.20. The van der Waals surface area contributed by atoms with E-state index in [1.807, 2.05) is 49.9 Å². The van der Waals surface area contributed by atoms with Crippen LogP contribution in [0.3, 0.4) is 0 Å². The minimum absolute atomic E-state index is 0.0804. The second-order valence-electron chi connectivity index (χ2n) is 8.10. The van der Waals surface area contributed by atoms with Gasteiger partial charge in [0.25, 0.3) is 0 Å². The third-order valence-electron chi connectivity index (χ3n) is 4.20. The molecule has 0 atom stereocenters. The first-order valence-electron chi connectivity index (χ1n) is 10.4. The van der Waals surface area contributed by atoms with Crippen LogP contribution in [0, 0.1) is 0 Å². The number of aliphatic hydroxyl groups is 2. The maximum absolute atomic E-state index is 11.8. The van der Waals surface area contributed by atoms with Crippen molar-refractivity contribution in [1.29, 1.82) is 0 Å². The Balaban J connectivity index is 1.78. The summed E-state index contributed by atoms with van der Waals surface area (Å²) in [5.41, 5.74) is 0.637. The summed E-state index contributed by atoms with van der Waals surface area (Å²) in [7, 11) is 0. The highest BCUT2D eigenvalue weighted by Crippen LogP contribution is 2.27. The summed E-state index contributed by atoms with van der Waals surface area (Å²) in [5.74, 6) is 0.776. The van der Waals surface area contributed by atoms with Crippen molar-refractivity contribution in [2.75, 3.05) is 39.5 Å². The standard InChI is InChI=1S/C22H33N3O5S/c1-22(2,3)24-21(28)30-16-19-15-23-20(31-19)17-5-7-18(8-6-17)29-14-4-9-25(10-12-26)11-13-27/h5-8,15,26-27H,4,9-14,16H2,1-3H3,(H,24,28). The summed E-state index contributed by atoms with van der Waals surface area (Å²) in [4.78, 5) is 19.1. The number of benzene rings is 1. The average Bonchev–Trinajstić information content (AvgIpc) is 3.18. The number of hydrogen-bond acceptors (Lipinski definition) is 8. The van der Waals surface area contributed by atoms with E-state index >= 15 is 0 Å². The van der Waals surface area contributed by atoms with E-state index in [1.165, 1.54) is 11.3 Å². The van der Waals surface area contributed by atoms with Gasteiger partial charge in [0.05, 0.1) is 24.7 Å². The summed E-state index contributed by atoms with van der Waals surface area (Å²) in [6, 6.07) is 7.72. The SMILES string of the molecule is CC(C)(C)NC(=O)OCc1cnc(-c2ccc(OCCCN(CCO)CCO)cc2)s1. The zero-order chi connectivity index (χ0) is 22.7. The molecular weight excluding hydrogens is 418 g/mol. The van der Waals surface area contributed by atoms with Crippen LogP contribution in [0.25, 0.3) is 10.6 Å². The Morgan fingerprint density at radius 2 is 1.81 bits per heavy atom. The molecule has 2 aromatic rings. The van der Waals surface area contributed by atoms with Crippen molar-refractivity contribution >= 4 is 17.4 Å². The third kappa shape index (κ3) is 9.65. The van der Waals surface area contributed by atoms with E-state index in [2.05, 4.69) is 10.3 Å². The van der Waals surface area contributed by atoms with Gasteiger partial charge >= 0.3 is 6.09 Å². The van der Waals surface area contributed by atoms with Crippen molar-refractivity contribution in [3.63, 3.8) is 0 Å². The van der Waals surface area contributed by atoms with E-state index in [4.69, 9.17) is 19.7 Å². The molecule has 0 aliphatic heterocycles. The Morgan fingerprint density at radius 1 is 1.13 bits per heavy atom. The van der Waals surface area contributed by atoms with Gasteiger partial charge in [-0.1, -0.05) is 0 Å². The molecule has 3 N–H and O–H groups in total. The smallest absolute Gasteiger partial charge is 0.407 e. The maximum atomic E-state index is 11.8. The predicted molar refractivity (Wildman–Crippen MR) is 121 cm³/mol. The summed E-state index contributed by atoms with van der Waals surface area (Å²) in [5, 5.41) is 21.7. The number of hydrogen-bond donors (Lipinski definition) is 3. The van der Waals surface area contributed by atoms with Gasteiger partial charge in [0.2, 0.25) is 0 Å². The van der Waals surface area contributed by atoms with E-state index in [-0.39, 0.29) is 25.4 Å². The summed E-state index contributed by atoms with van der Waals surface area (Å²) in [6.07, 6.45) is 2.08. The lowest BCUT2D eigenvalue weighted by molar-refractivity contribution is 0.132. The van der Waals surface area contributed by atoms with Gasteiger partial charge in [-0.2, -0.15) is 0 Å². The molecular formula is C22H33N3O5S. The fourth-order valence-corrected chi connectivity index (χ4v) is 3.61. The van der Waals surface area contributed by atoms with E-state index < -0.39 is 6.09 Å². The Labute approximate surface area is 187 Å². The minimum atomic E-state index is -0.445. The third-order valence-corrected chi connectivity index (χ3v) is 5.22. The van der Waals surface area contributed by atoms with Gasteiger partial charge in [-0.3, -0.25) is 4.90 Å². The zero-order valence-corrected chi connectivity index (χ0v) is 19.3. The van der Waals surface area contributed by atoms with Gasteiger partial charge in [-0.15, -0.1) is 11.3 Å². The molecule has 1 amide bonds. The van der Waals surface area contributed by atoms with E-state index in [9.17, 15) is 4.79 Å². The lowest BCUT2D eigenvalue weighted by Gasteiger charge is -2.19. The molecule has 0 unspecified atom stereocenters. The predicted octanol–water partition coefficient (Wildman–Crippen LogP) is 2.89. The minimum Gasteiger partial charge on any atom is -0.494 e. The molecule has 9 heteroatoms. The topological polar surface area (TPSA) is 104 Å². The average molecular weight is 452 g/mol. The highest BCUT2D eigenvalue weighted by atomic mass is 32.1. The van der Waals surface area contributed by atoms with Gasteiger partial charge in [-0.05, 0) is 51.5 Å². The lowest BCUT2D eigenvalue weighted by Crippen LogP contribution is -2.40. The van der Waals surface area contributed by atoms with Crippen molar-refractivity contribution in [2.45, 2.75) is 39.3 Å². The molecule has 0 saturated carbocycles. The maximum Gasteiger partial charge on any atom is 0.407 e. The molecule has 8 nitrogen and oxygen atoms in total. The van der Waals surface area contributed by atoms with Gasteiger partial charge in [-0.25, -0.2) is 9.78 Å². The number of nitrogens with zero attached hydrogens (tertiary/aromatic N) is 2. The van der Waals surface area contributed by atoms with Crippen molar-refractivity contribution in [1.82, 2.24) is 15.2 Å². The number of nitrogens with one attached hydrogen (secondary N) is 1. The van der Waals surface area contributed by atoms with Crippen LogP contribution in [0.4, 0.5) is 4.79 Å². The summed E-state index contributed by atoms with van der Waals surface area (Å²) in [6.45, 7) is 8.47. The zero-order valence-electron chi connectivity index (χ0n) is 18.5. The number of carbonyl (C=O) groups excluding carboxylic acids is 1. The fraction of sp³-hybridized carbons (Fsp3) is 0.545. The Bertz CT molecular complexity index is 783. The van der Waals surface area contributed by atoms with Crippen LogP contribution < -0.4 is 10.1 Å². The van der Waals surface area contributed by atoms with E-state index in [1.54, 1.807) is 6.20 Å². The lowest BCUT2D eigenvalue weighted by atomic mass is 10.1. The van der Waals surface area contributed by atoms with Gasteiger partial charge in [0.1, 0.15) is 17.4 Å². The first-order valence-corrected chi connectivity index (χ1v) is 11.2. The van der Waals surface area contributed by atoms with Crippen LogP contribution in [0.15, 0.2) is 30.5 Å². The molecule has 2 rings (SSSR count). The number of ether oxygens (including phenoxy) is 2. The number of carbonyl (C=O) groups is 1. The molecule has 1 aromatic heterocycles. The van der Waals surface area contributed by atoms with Gasteiger partial charge in [0, 0.05) is 36.9 Å². The summed E-state index contributed by atoms with van der Waals surface area (Å²) >= 11 is 1.48. The number of aliphatic hydroxyl groups excluding tert-OH is 2. The van der Waals surface area contributed by atoms with Crippen LogP contribution in [0.2, 0.25) is 0 Å². The van der Waals surface area contributed by atoms with Crippen molar-refractivity contribution in [2.24, 2.45) is 0 Å². The molecule has 0 radical (unpaired) electrons. The first-order chi connectivity index (χ1) is 14.8. The highest BCUT2D eigenvalue weighted by Gasteiger charge is 2.15. The molecule has 0 fully saturated rings. The summed E-state index contributed by atoms with van der Waals surface area (Å²) < 4.78 is 11.0. The number of aromatic nitrogens is 1. The van der Waals surface area contributed by atoms with Crippen molar-refractivity contribution in [3.8, 4) is 16.3 Å². The molecule has 0 bridgehead atoms. The van der Waals surface area contributed by atoms with Gasteiger partial charge < -0.3 is 25.0 Å². The van der Waals surface area contributed by atoms with Crippen LogP contribution in [-0.2, 0) is 11.3 Å².